The first-order valence-corrected chi connectivity index (χ1v) is 13.3. The number of morpholine rings is 1. The molecule has 8 nitrogen and oxygen atoms in total. The second-order valence-corrected chi connectivity index (χ2v) is 9.24. The lowest BCUT2D eigenvalue weighted by molar-refractivity contribution is 0.0301. The predicted molar refractivity (Wildman–Crippen MR) is 141 cm³/mol. The lowest BCUT2D eigenvalue weighted by Gasteiger charge is -2.27. The largest absolute Gasteiger partial charge is 0.490 e. The van der Waals surface area contributed by atoms with E-state index in [2.05, 4.69) is 6.92 Å². The summed E-state index contributed by atoms with van der Waals surface area (Å²) in [5, 5.41) is 0.263. The van der Waals surface area contributed by atoms with Crippen LogP contribution in [0, 0.1) is 0 Å². The average molecular weight is 501 g/mol. The van der Waals surface area contributed by atoms with Crippen LogP contribution in [-0.2, 0) is 4.74 Å². The zero-order valence-corrected chi connectivity index (χ0v) is 22.0. The quantitative estimate of drug-likeness (QED) is 0.358. The number of hydrogen-bond donors (Lipinski definition) is 0. The lowest BCUT2D eigenvalue weighted by atomic mass is 10.1. The Morgan fingerprint density at radius 1 is 0.917 bits per heavy atom. The summed E-state index contributed by atoms with van der Waals surface area (Å²) >= 11 is 0. The Bertz CT molecular complexity index is 1090. The highest BCUT2D eigenvalue weighted by Crippen LogP contribution is 2.32. The molecule has 1 saturated heterocycles. The number of carbonyl (C=O) groups is 2. The van der Waals surface area contributed by atoms with Gasteiger partial charge in [-0.2, -0.15) is 0 Å². The summed E-state index contributed by atoms with van der Waals surface area (Å²) < 4.78 is 18.5. The third kappa shape index (κ3) is 7.09. The molecule has 36 heavy (non-hydrogen) atoms. The van der Waals surface area contributed by atoms with Crippen LogP contribution >= 0.6 is 0 Å². The molecule has 0 atom stereocenters. The first kappa shape index (κ1) is 27.7. The summed E-state index contributed by atoms with van der Waals surface area (Å²) in [7, 11) is 0. The second-order valence-electron chi connectivity index (χ2n) is 9.24. The van der Waals surface area contributed by atoms with Crippen molar-refractivity contribution in [1.82, 2.24) is 9.47 Å². The van der Waals surface area contributed by atoms with Crippen LogP contribution in [-0.4, -0.2) is 60.8 Å². The molecule has 1 aromatic heterocycles. The minimum atomic E-state index is -0.418. The van der Waals surface area contributed by atoms with E-state index in [-0.39, 0.29) is 16.9 Å². The molecule has 8 heteroatoms. The van der Waals surface area contributed by atoms with E-state index in [0.29, 0.717) is 56.5 Å². The number of rotatable bonds is 13. The fraction of sp³-hybridized carbons (Fsp3) is 0.607. The number of benzene rings is 1. The van der Waals surface area contributed by atoms with Crippen molar-refractivity contribution in [2.75, 3.05) is 39.5 Å². The molecule has 1 fully saturated rings. The zero-order valence-electron chi connectivity index (χ0n) is 22.0. The SMILES string of the molecule is CCCCCCCCCCOc1cc2c(=O)c(C(=O)N3CCOCC3)cn(C(C)=O)c2cc1OCC. The second kappa shape index (κ2) is 14.0. The van der Waals surface area contributed by atoms with Crippen molar-refractivity contribution in [3.8, 4) is 11.5 Å². The molecule has 0 bridgehead atoms. The molecule has 3 rings (SSSR count). The minimum Gasteiger partial charge on any atom is -0.490 e. The smallest absolute Gasteiger partial charge is 0.259 e. The fourth-order valence-electron chi connectivity index (χ4n) is 4.48. The van der Waals surface area contributed by atoms with E-state index < -0.39 is 11.3 Å². The van der Waals surface area contributed by atoms with Gasteiger partial charge in [0.25, 0.3) is 5.91 Å². The summed E-state index contributed by atoms with van der Waals surface area (Å²) in [6, 6.07) is 3.27. The van der Waals surface area contributed by atoms with Gasteiger partial charge in [0.15, 0.2) is 11.5 Å². The fourth-order valence-corrected chi connectivity index (χ4v) is 4.48. The van der Waals surface area contributed by atoms with Crippen molar-refractivity contribution in [1.29, 1.82) is 0 Å². The topological polar surface area (TPSA) is 87.1 Å². The summed E-state index contributed by atoms with van der Waals surface area (Å²) in [4.78, 5) is 40.6. The van der Waals surface area contributed by atoms with Gasteiger partial charge in [0.1, 0.15) is 5.56 Å². The maximum absolute atomic E-state index is 13.4. The highest BCUT2D eigenvalue weighted by molar-refractivity contribution is 6.00. The highest BCUT2D eigenvalue weighted by atomic mass is 16.5. The molecule has 2 heterocycles. The van der Waals surface area contributed by atoms with Gasteiger partial charge in [0.05, 0.1) is 37.3 Å². The Balaban J connectivity index is 1.83. The van der Waals surface area contributed by atoms with Crippen LogP contribution < -0.4 is 14.9 Å². The highest BCUT2D eigenvalue weighted by Gasteiger charge is 2.24. The van der Waals surface area contributed by atoms with Gasteiger partial charge < -0.3 is 19.1 Å². The van der Waals surface area contributed by atoms with E-state index in [9.17, 15) is 14.4 Å². The van der Waals surface area contributed by atoms with Gasteiger partial charge in [-0.25, -0.2) is 0 Å². The maximum Gasteiger partial charge on any atom is 0.259 e. The Morgan fingerprint density at radius 2 is 1.56 bits per heavy atom. The Hall–Kier alpha value is -2.87. The minimum absolute atomic E-state index is 0.0298. The molecule has 0 radical (unpaired) electrons. The van der Waals surface area contributed by atoms with E-state index in [4.69, 9.17) is 14.2 Å². The first-order valence-electron chi connectivity index (χ1n) is 13.3. The summed E-state index contributed by atoms with van der Waals surface area (Å²) in [6.07, 6.45) is 10.9. The monoisotopic (exact) mass is 500 g/mol. The Labute approximate surface area is 213 Å². The van der Waals surface area contributed by atoms with Crippen molar-refractivity contribution in [2.24, 2.45) is 0 Å². The van der Waals surface area contributed by atoms with Crippen LogP contribution in [0.1, 0.15) is 87.3 Å². The van der Waals surface area contributed by atoms with Gasteiger partial charge in [0.2, 0.25) is 11.3 Å². The molecule has 0 unspecified atom stereocenters. The van der Waals surface area contributed by atoms with E-state index >= 15 is 0 Å². The number of unbranched alkanes of at least 4 members (excludes halogenated alkanes) is 7. The molecule has 0 saturated carbocycles. The van der Waals surface area contributed by atoms with Crippen LogP contribution in [0.25, 0.3) is 10.9 Å². The van der Waals surface area contributed by atoms with Crippen LogP contribution in [0.5, 0.6) is 11.5 Å². The van der Waals surface area contributed by atoms with Gasteiger partial charge in [0, 0.05) is 32.3 Å². The number of pyridine rings is 1. The number of carbonyl (C=O) groups excluding carboxylic acids is 2. The molecule has 1 aliphatic rings. The summed E-state index contributed by atoms with van der Waals surface area (Å²) in [5.74, 6) is 0.239. The van der Waals surface area contributed by atoms with Gasteiger partial charge in [-0.05, 0) is 19.4 Å². The van der Waals surface area contributed by atoms with Crippen molar-refractivity contribution >= 4 is 22.7 Å². The van der Waals surface area contributed by atoms with Crippen LogP contribution in [0.15, 0.2) is 23.1 Å². The first-order chi connectivity index (χ1) is 17.5. The Morgan fingerprint density at radius 3 is 2.19 bits per heavy atom. The molecule has 0 aliphatic carbocycles. The van der Waals surface area contributed by atoms with E-state index in [1.54, 1.807) is 17.0 Å². The maximum atomic E-state index is 13.4. The molecule has 0 spiro atoms. The molecule has 1 amide bonds. The molecule has 198 valence electrons. The van der Waals surface area contributed by atoms with Gasteiger partial charge in [-0.3, -0.25) is 19.0 Å². The normalized spacial score (nSPS) is 13.7. The van der Waals surface area contributed by atoms with Crippen molar-refractivity contribution in [3.05, 3.63) is 34.1 Å². The van der Waals surface area contributed by atoms with Crippen LogP contribution in [0.2, 0.25) is 0 Å². The lowest BCUT2D eigenvalue weighted by Crippen LogP contribution is -2.42. The summed E-state index contributed by atoms with van der Waals surface area (Å²) in [5.41, 5.74) is -0.0503. The molecule has 1 aliphatic heterocycles. The number of aromatic nitrogens is 1. The van der Waals surface area contributed by atoms with Crippen molar-refractivity contribution < 1.29 is 23.8 Å². The zero-order chi connectivity index (χ0) is 25.9. The van der Waals surface area contributed by atoms with Crippen molar-refractivity contribution in [3.63, 3.8) is 0 Å². The number of ether oxygens (including phenoxy) is 3. The van der Waals surface area contributed by atoms with E-state index in [1.165, 1.54) is 56.2 Å². The number of hydrogen-bond acceptors (Lipinski definition) is 6. The van der Waals surface area contributed by atoms with E-state index in [1.807, 2.05) is 6.92 Å². The third-order valence-electron chi connectivity index (χ3n) is 6.49. The van der Waals surface area contributed by atoms with Gasteiger partial charge in [-0.1, -0.05) is 51.9 Å². The number of nitrogens with zero attached hydrogens (tertiary/aromatic N) is 2. The third-order valence-corrected chi connectivity index (χ3v) is 6.49. The average Bonchev–Trinajstić information content (AvgIpc) is 2.88. The molecule has 2 aromatic rings. The Kier molecular flexibility index (Phi) is 10.8. The number of fused-ring (bicyclic) bond motifs is 1. The van der Waals surface area contributed by atoms with Crippen LogP contribution in [0.4, 0.5) is 0 Å². The summed E-state index contributed by atoms with van der Waals surface area (Å²) in [6.45, 7) is 8.08. The molecular weight excluding hydrogens is 460 g/mol. The predicted octanol–water partition coefficient (Wildman–Crippen LogP) is 5.05. The van der Waals surface area contributed by atoms with Gasteiger partial charge >= 0.3 is 0 Å². The molecule has 1 aromatic carbocycles. The molecular formula is C28H40N2O6. The van der Waals surface area contributed by atoms with E-state index in [0.717, 1.165) is 12.8 Å². The van der Waals surface area contributed by atoms with Crippen LogP contribution in [0.3, 0.4) is 0 Å². The standard InChI is InChI=1S/C28H40N2O6/c1-4-6-7-8-9-10-11-12-15-36-25-18-22-24(19-26(25)35-5-2)30(21(3)31)20-23(27(22)32)28(33)29-13-16-34-17-14-29/h18-20H,4-17H2,1-3H3. The number of amides is 1. The molecule has 0 N–H and O–H groups in total. The van der Waals surface area contributed by atoms with Crippen molar-refractivity contribution in [2.45, 2.75) is 72.1 Å². The van der Waals surface area contributed by atoms with Gasteiger partial charge in [-0.15, -0.1) is 0 Å².